The van der Waals surface area contributed by atoms with E-state index in [2.05, 4.69) is 0 Å². The number of hydrogen-bond donors (Lipinski definition) is 0. The van der Waals surface area contributed by atoms with Crippen LogP contribution in [-0.2, 0) is 9.59 Å². The average Bonchev–Trinajstić information content (AvgIpc) is 2.67. The van der Waals surface area contributed by atoms with Crippen molar-refractivity contribution in [1.82, 2.24) is 9.80 Å². The van der Waals surface area contributed by atoms with Gasteiger partial charge in [0.25, 0.3) is 5.91 Å². The van der Waals surface area contributed by atoms with Crippen LogP contribution in [0.25, 0.3) is 0 Å². The van der Waals surface area contributed by atoms with E-state index in [0.29, 0.717) is 37.0 Å². The summed E-state index contributed by atoms with van der Waals surface area (Å²) in [5.74, 6) is 0.923. The number of ether oxygens (including phenoxy) is 1. The van der Waals surface area contributed by atoms with E-state index in [1.165, 1.54) is 6.42 Å². The lowest BCUT2D eigenvalue weighted by Gasteiger charge is -2.37. The van der Waals surface area contributed by atoms with E-state index in [9.17, 15) is 9.59 Å². The van der Waals surface area contributed by atoms with E-state index in [0.717, 1.165) is 25.7 Å². The van der Waals surface area contributed by atoms with Crippen LogP contribution in [-0.4, -0.2) is 54.4 Å². The topological polar surface area (TPSA) is 49.9 Å². The lowest BCUT2D eigenvalue weighted by molar-refractivity contribution is -0.143. The number of amides is 2. The first-order chi connectivity index (χ1) is 12.1. The summed E-state index contributed by atoms with van der Waals surface area (Å²) in [7, 11) is 0. The molecule has 1 aromatic rings. The molecule has 1 aliphatic carbocycles. The van der Waals surface area contributed by atoms with E-state index < -0.39 is 0 Å². The molecule has 5 nitrogen and oxygen atoms in total. The van der Waals surface area contributed by atoms with E-state index >= 15 is 0 Å². The molecule has 136 valence electrons. The largest absolute Gasteiger partial charge is 0.482 e. The van der Waals surface area contributed by atoms with Crippen molar-refractivity contribution in [3.8, 4) is 5.75 Å². The summed E-state index contributed by atoms with van der Waals surface area (Å²) in [6.07, 6.45) is 5.60. The Morgan fingerprint density at radius 2 is 1.64 bits per heavy atom. The Bertz CT molecular complexity index is 608. The van der Waals surface area contributed by atoms with Gasteiger partial charge in [-0.15, -0.1) is 0 Å². The highest BCUT2D eigenvalue weighted by Gasteiger charge is 2.29. The highest BCUT2D eigenvalue weighted by molar-refractivity contribution is 6.32. The molecule has 0 spiro atoms. The number of para-hydroxylation sites is 1. The Morgan fingerprint density at radius 3 is 2.32 bits per heavy atom. The van der Waals surface area contributed by atoms with Gasteiger partial charge in [-0.05, 0) is 25.0 Å². The molecule has 2 aliphatic rings. The second-order valence-corrected chi connectivity index (χ2v) is 7.17. The van der Waals surface area contributed by atoms with E-state index in [4.69, 9.17) is 16.3 Å². The third-order valence-corrected chi connectivity index (χ3v) is 5.40. The van der Waals surface area contributed by atoms with E-state index in [1.54, 1.807) is 17.0 Å². The molecule has 2 fully saturated rings. The minimum atomic E-state index is -0.0651. The van der Waals surface area contributed by atoms with E-state index in [-0.39, 0.29) is 24.3 Å². The summed E-state index contributed by atoms with van der Waals surface area (Å²) >= 11 is 6.03. The van der Waals surface area contributed by atoms with Gasteiger partial charge in [-0.25, -0.2) is 0 Å². The van der Waals surface area contributed by atoms with Gasteiger partial charge in [0.1, 0.15) is 5.75 Å². The average molecular weight is 365 g/mol. The number of benzene rings is 1. The summed E-state index contributed by atoms with van der Waals surface area (Å²) < 4.78 is 5.52. The number of piperazine rings is 1. The van der Waals surface area contributed by atoms with Crippen molar-refractivity contribution in [3.63, 3.8) is 0 Å². The molecule has 1 heterocycles. The van der Waals surface area contributed by atoms with Crippen LogP contribution in [0.5, 0.6) is 5.75 Å². The van der Waals surface area contributed by atoms with Crippen LogP contribution >= 0.6 is 11.6 Å². The zero-order valence-corrected chi connectivity index (χ0v) is 15.2. The Hall–Kier alpha value is -1.75. The van der Waals surface area contributed by atoms with Crippen LogP contribution in [0.4, 0.5) is 0 Å². The van der Waals surface area contributed by atoms with Crippen molar-refractivity contribution in [2.45, 2.75) is 32.1 Å². The van der Waals surface area contributed by atoms with Crippen LogP contribution < -0.4 is 4.74 Å². The summed E-state index contributed by atoms with van der Waals surface area (Å²) in [6, 6.07) is 7.12. The molecule has 1 aromatic carbocycles. The maximum absolute atomic E-state index is 12.6. The van der Waals surface area contributed by atoms with Crippen molar-refractivity contribution < 1.29 is 14.3 Å². The lowest BCUT2D eigenvalue weighted by atomic mass is 9.88. The molecule has 0 aromatic heterocycles. The van der Waals surface area contributed by atoms with Gasteiger partial charge in [0.2, 0.25) is 5.91 Å². The quantitative estimate of drug-likeness (QED) is 0.825. The van der Waals surface area contributed by atoms with Gasteiger partial charge in [-0.1, -0.05) is 43.0 Å². The van der Waals surface area contributed by atoms with Crippen LogP contribution in [0.2, 0.25) is 5.02 Å². The Morgan fingerprint density at radius 1 is 1.00 bits per heavy atom. The maximum atomic E-state index is 12.6. The molecule has 0 radical (unpaired) electrons. The zero-order chi connectivity index (χ0) is 17.6. The van der Waals surface area contributed by atoms with Gasteiger partial charge in [0.15, 0.2) is 6.61 Å². The Labute approximate surface area is 153 Å². The van der Waals surface area contributed by atoms with Crippen LogP contribution in [0.3, 0.4) is 0 Å². The summed E-state index contributed by atoms with van der Waals surface area (Å²) in [6.45, 7) is 2.35. The minimum Gasteiger partial charge on any atom is -0.482 e. The number of rotatable bonds is 4. The summed E-state index contributed by atoms with van der Waals surface area (Å²) in [5.41, 5.74) is 0. The van der Waals surface area contributed by atoms with Gasteiger partial charge < -0.3 is 14.5 Å². The molecule has 1 aliphatic heterocycles. The van der Waals surface area contributed by atoms with Crippen LogP contribution in [0.1, 0.15) is 32.1 Å². The highest BCUT2D eigenvalue weighted by Crippen LogP contribution is 2.26. The monoisotopic (exact) mass is 364 g/mol. The molecule has 0 bridgehead atoms. The number of hydrogen-bond acceptors (Lipinski definition) is 3. The second kappa shape index (κ2) is 8.56. The number of carbonyl (C=O) groups excluding carboxylic acids is 2. The van der Waals surface area contributed by atoms with Crippen LogP contribution in [0.15, 0.2) is 24.3 Å². The van der Waals surface area contributed by atoms with Crippen molar-refractivity contribution >= 4 is 23.4 Å². The number of halogens is 1. The fraction of sp³-hybridized carbons (Fsp3) is 0.579. The summed E-state index contributed by atoms with van der Waals surface area (Å²) in [5, 5.41) is 0.498. The van der Waals surface area contributed by atoms with Gasteiger partial charge in [-0.3, -0.25) is 9.59 Å². The van der Waals surface area contributed by atoms with Gasteiger partial charge in [0.05, 0.1) is 5.02 Å². The number of nitrogens with zero attached hydrogens (tertiary/aromatic N) is 2. The normalized spacial score (nSPS) is 18.9. The fourth-order valence-electron chi connectivity index (χ4n) is 3.58. The molecule has 1 saturated heterocycles. The summed E-state index contributed by atoms with van der Waals surface area (Å²) in [4.78, 5) is 28.6. The van der Waals surface area contributed by atoms with Gasteiger partial charge in [0, 0.05) is 32.1 Å². The fourth-order valence-corrected chi connectivity index (χ4v) is 3.77. The highest BCUT2D eigenvalue weighted by atomic mass is 35.5. The standard InChI is InChI=1S/C19H25ClN2O3/c20-16-8-4-5-9-17(16)25-14-18(23)21-10-12-22(13-11-21)19(24)15-6-2-1-3-7-15/h4-5,8-9,15H,1-3,6-7,10-14H2. The first kappa shape index (κ1) is 18.1. The second-order valence-electron chi connectivity index (χ2n) is 6.76. The predicted molar refractivity (Wildman–Crippen MR) is 96.7 cm³/mol. The zero-order valence-electron chi connectivity index (χ0n) is 14.5. The minimum absolute atomic E-state index is 0.0275. The number of carbonyl (C=O) groups is 2. The third kappa shape index (κ3) is 4.66. The molecule has 3 rings (SSSR count). The molecule has 6 heteroatoms. The van der Waals surface area contributed by atoms with E-state index in [1.807, 2.05) is 17.0 Å². The molecular weight excluding hydrogens is 340 g/mol. The Kier molecular flexibility index (Phi) is 6.19. The SMILES string of the molecule is O=C(COc1ccccc1Cl)N1CCN(C(=O)C2CCCCC2)CC1. The van der Waals surface area contributed by atoms with Crippen molar-refractivity contribution in [2.75, 3.05) is 32.8 Å². The molecule has 25 heavy (non-hydrogen) atoms. The van der Waals surface area contributed by atoms with Crippen molar-refractivity contribution in [3.05, 3.63) is 29.3 Å². The van der Waals surface area contributed by atoms with Crippen molar-refractivity contribution in [2.24, 2.45) is 5.92 Å². The van der Waals surface area contributed by atoms with Gasteiger partial charge >= 0.3 is 0 Å². The van der Waals surface area contributed by atoms with Crippen molar-refractivity contribution in [1.29, 1.82) is 0 Å². The van der Waals surface area contributed by atoms with Crippen LogP contribution in [0, 0.1) is 5.92 Å². The molecule has 0 atom stereocenters. The maximum Gasteiger partial charge on any atom is 0.260 e. The molecule has 2 amide bonds. The Balaban J connectivity index is 1.44. The first-order valence-electron chi connectivity index (χ1n) is 9.09. The third-order valence-electron chi connectivity index (χ3n) is 5.09. The molecule has 0 unspecified atom stereocenters. The van der Waals surface area contributed by atoms with Gasteiger partial charge in [-0.2, -0.15) is 0 Å². The molecule has 1 saturated carbocycles. The predicted octanol–water partition coefficient (Wildman–Crippen LogP) is 2.97. The lowest BCUT2D eigenvalue weighted by Crippen LogP contribution is -2.53. The first-order valence-corrected chi connectivity index (χ1v) is 9.47. The smallest absolute Gasteiger partial charge is 0.260 e. The molecular formula is C19H25ClN2O3. The molecule has 0 N–H and O–H groups in total.